The zero-order valence-corrected chi connectivity index (χ0v) is 38.7. The van der Waals surface area contributed by atoms with Crippen LogP contribution in [-0.4, -0.2) is 145 Å². The summed E-state index contributed by atoms with van der Waals surface area (Å²) in [6.45, 7) is 10.2. The van der Waals surface area contributed by atoms with Gasteiger partial charge in [-0.15, -0.1) is 11.8 Å². The number of halogens is 3. The molecule has 2 amide bonds. The lowest BCUT2D eigenvalue weighted by molar-refractivity contribution is -0.155. The van der Waals surface area contributed by atoms with Gasteiger partial charge >= 0.3 is 12.1 Å². The van der Waals surface area contributed by atoms with Crippen LogP contribution in [-0.2, 0) is 46.3 Å². The van der Waals surface area contributed by atoms with Crippen molar-refractivity contribution in [2.24, 2.45) is 28.2 Å². The van der Waals surface area contributed by atoms with Crippen LogP contribution in [0.4, 0.5) is 18.9 Å². The van der Waals surface area contributed by atoms with Crippen molar-refractivity contribution in [1.82, 2.24) is 30.2 Å². The first kappa shape index (κ1) is 45.5. The second-order valence-corrected chi connectivity index (χ2v) is 20.9. The number of esters is 1. The smallest absolute Gasteiger partial charge is 0.406 e. The molecule has 2 aromatic heterocycles. The second kappa shape index (κ2) is 18.0. The lowest BCUT2D eigenvalue weighted by Crippen LogP contribution is -2.60. The third kappa shape index (κ3) is 9.07. The summed E-state index contributed by atoms with van der Waals surface area (Å²) < 4.78 is 69.7. The number of aromatic nitrogens is 2. The van der Waals surface area contributed by atoms with Gasteiger partial charge < -0.3 is 33.7 Å². The van der Waals surface area contributed by atoms with Crippen LogP contribution in [0, 0.1) is 23.2 Å². The minimum atomic E-state index is -4.58. The Morgan fingerprint density at radius 1 is 1.09 bits per heavy atom. The molecule has 4 saturated heterocycles. The SMILES string of the molecule is CO[C@@H](C)c1ncc(N2CCN3CCOC[C@@H]3C2)cc1-c1c2c3cc(ccc3n1CC(F)(F)F)C1CSC(=N1)C[C@H](NC(=O)[C@H]1[C@@H]3COC[C@@H]31)C(=O)N1CCC[C@H](N1)C(=O)OCC(C)(C)C2. The Hall–Kier alpha value is -4.27. The number of rotatable bonds is 7. The molecule has 1 aromatic carbocycles. The van der Waals surface area contributed by atoms with Gasteiger partial charge in [0.25, 0.3) is 5.91 Å². The maximum Gasteiger partial charge on any atom is 0.406 e. The quantitative estimate of drug-likeness (QED) is 0.305. The number of pyridine rings is 1. The third-order valence-electron chi connectivity index (χ3n) is 14.6. The van der Waals surface area contributed by atoms with Crippen LogP contribution in [0.1, 0.15) is 69.0 Å². The van der Waals surface area contributed by atoms with Crippen LogP contribution in [0.25, 0.3) is 22.2 Å². The fraction of sp³-hybridized carbons (Fsp3) is 0.638. The Kier molecular flexibility index (Phi) is 12.4. The Morgan fingerprint density at radius 3 is 2.70 bits per heavy atom. The lowest BCUT2D eigenvalue weighted by Gasteiger charge is -2.44. The normalized spacial score (nSPS) is 29.7. The maximum atomic E-state index is 15.0. The molecule has 1 aliphatic carbocycles. The van der Waals surface area contributed by atoms with Crippen molar-refractivity contribution < 1.29 is 46.5 Å². The summed E-state index contributed by atoms with van der Waals surface area (Å²) in [5.41, 5.74) is 6.47. The van der Waals surface area contributed by atoms with Gasteiger partial charge in [-0.1, -0.05) is 19.9 Å². The molecule has 10 rings (SSSR count). The average molecular weight is 937 g/mol. The number of aliphatic imine (C=N–C) groups is 1. The number of thioether (sulfide) groups is 1. The fourth-order valence-corrected chi connectivity index (χ4v) is 12.0. The van der Waals surface area contributed by atoms with Gasteiger partial charge in [-0.3, -0.25) is 34.3 Å². The molecule has 0 spiro atoms. The second-order valence-electron chi connectivity index (χ2n) is 19.8. The van der Waals surface area contributed by atoms with Crippen LogP contribution < -0.4 is 15.6 Å². The number of piperazine rings is 1. The zero-order valence-electron chi connectivity index (χ0n) is 37.9. The molecule has 5 fully saturated rings. The molecule has 3 aromatic rings. The van der Waals surface area contributed by atoms with Gasteiger partial charge in [-0.05, 0) is 67.3 Å². The topological polar surface area (TPSA) is 152 Å². The number of morpholine rings is 1. The number of hydrogen-bond donors (Lipinski definition) is 2. The van der Waals surface area contributed by atoms with Gasteiger partial charge in [-0.25, -0.2) is 5.43 Å². The van der Waals surface area contributed by atoms with Gasteiger partial charge in [0.05, 0.1) is 79.5 Å². The van der Waals surface area contributed by atoms with Crippen molar-refractivity contribution in [3.63, 3.8) is 0 Å². The number of fused-ring (bicyclic) bond motifs is 7. The third-order valence-corrected chi connectivity index (χ3v) is 15.7. The number of anilines is 1. The van der Waals surface area contributed by atoms with Crippen LogP contribution in [0.5, 0.6) is 0 Å². The minimum absolute atomic E-state index is 0.0462. The van der Waals surface area contributed by atoms with E-state index in [9.17, 15) is 14.4 Å². The molecular formula is C47H59F3N8O7S. The van der Waals surface area contributed by atoms with E-state index in [0.717, 1.165) is 30.9 Å². The lowest BCUT2D eigenvalue weighted by atomic mass is 9.84. The van der Waals surface area contributed by atoms with E-state index >= 15 is 13.2 Å². The number of methoxy groups -OCH3 is 1. The molecule has 7 aliphatic rings. The Labute approximate surface area is 386 Å². The molecule has 356 valence electrons. The monoisotopic (exact) mass is 936 g/mol. The number of hydrogen-bond acceptors (Lipinski definition) is 13. The highest BCUT2D eigenvalue weighted by molar-refractivity contribution is 8.14. The summed E-state index contributed by atoms with van der Waals surface area (Å²) in [4.78, 5) is 56.6. The fourth-order valence-electron chi connectivity index (χ4n) is 10.9. The van der Waals surface area contributed by atoms with Gasteiger partial charge in [0.2, 0.25) is 5.91 Å². The highest BCUT2D eigenvalue weighted by Gasteiger charge is 2.58. The number of nitrogens with one attached hydrogen (secondary N) is 2. The van der Waals surface area contributed by atoms with Crippen LogP contribution in [0.3, 0.4) is 0 Å². The van der Waals surface area contributed by atoms with E-state index in [-0.39, 0.29) is 61.1 Å². The van der Waals surface area contributed by atoms with Crippen molar-refractivity contribution >= 4 is 51.2 Å². The zero-order chi connectivity index (χ0) is 46.1. The molecule has 2 N–H and O–H groups in total. The molecule has 6 bridgehead atoms. The molecule has 1 saturated carbocycles. The highest BCUT2D eigenvalue weighted by Crippen LogP contribution is 2.51. The first-order valence-corrected chi connectivity index (χ1v) is 24.3. The molecule has 8 heterocycles. The van der Waals surface area contributed by atoms with Crippen molar-refractivity contribution in [2.45, 2.75) is 89.4 Å². The molecule has 8 atom stereocenters. The van der Waals surface area contributed by atoms with E-state index < -0.39 is 42.3 Å². The van der Waals surface area contributed by atoms with E-state index in [1.807, 2.05) is 39.0 Å². The standard InChI is InChI=1S/C47H59F3N8O7S/c1-26(62-4)41-31(15-28(18-51-41)56-11-10-55-12-13-63-20-29(55)19-56)42-32-17-46(2,3)25-65-45(61)35-6-5-9-58(54-35)44(60)36(53-43(59)40-33-21-64-22-34(33)40)16-39-52-37(23-66-39)27-7-8-38(30(32)14-27)57(42)24-47(48,49)50/h7-8,14-15,18,26,29,33-37,40,54H,5-6,9-13,16-17,19-25H2,1-4H3,(H,53,59)/t26-,29-,33-,34+,35-,36-,37?,40+/m0/s1. The summed E-state index contributed by atoms with van der Waals surface area (Å²) in [6, 6.07) is 5.60. The number of nitrogens with zero attached hydrogens (tertiary/aromatic N) is 6. The summed E-state index contributed by atoms with van der Waals surface area (Å²) in [7, 11) is 1.56. The first-order chi connectivity index (χ1) is 31.6. The summed E-state index contributed by atoms with van der Waals surface area (Å²) in [6.07, 6.45) is -1.98. The van der Waals surface area contributed by atoms with E-state index in [4.69, 9.17) is 28.9 Å². The molecule has 19 heteroatoms. The number of ether oxygens (including phenoxy) is 4. The number of amides is 2. The molecule has 6 aliphatic heterocycles. The summed E-state index contributed by atoms with van der Waals surface area (Å²) in [5, 5.41) is 5.81. The van der Waals surface area contributed by atoms with Crippen LogP contribution in [0.15, 0.2) is 35.5 Å². The number of carbonyl (C=O) groups excluding carboxylic acids is 3. The Morgan fingerprint density at radius 2 is 1.91 bits per heavy atom. The van der Waals surface area contributed by atoms with Gasteiger partial charge in [0.15, 0.2) is 0 Å². The van der Waals surface area contributed by atoms with Gasteiger partial charge in [-0.2, -0.15) is 13.2 Å². The van der Waals surface area contributed by atoms with E-state index in [1.54, 1.807) is 19.4 Å². The summed E-state index contributed by atoms with van der Waals surface area (Å²) >= 11 is 1.51. The van der Waals surface area contributed by atoms with Gasteiger partial charge in [0.1, 0.15) is 18.6 Å². The Bertz CT molecular complexity index is 2400. The van der Waals surface area contributed by atoms with Crippen molar-refractivity contribution in [3.05, 3.63) is 47.3 Å². The molecule has 15 nitrogen and oxygen atoms in total. The van der Waals surface area contributed by atoms with E-state index in [2.05, 4.69) is 20.5 Å². The van der Waals surface area contributed by atoms with Crippen LogP contribution in [0.2, 0.25) is 0 Å². The molecule has 66 heavy (non-hydrogen) atoms. The highest BCUT2D eigenvalue weighted by atomic mass is 32.2. The Balaban J connectivity index is 1.09. The van der Waals surface area contributed by atoms with Gasteiger partial charge in [0, 0.05) is 79.8 Å². The number of carbonyl (C=O) groups is 3. The number of alkyl halides is 3. The molecular weight excluding hydrogens is 878 g/mol. The van der Waals surface area contributed by atoms with E-state index in [0.29, 0.717) is 96.6 Å². The number of benzene rings is 1. The number of cyclic esters (lactones) is 1. The van der Waals surface area contributed by atoms with Crippen molar-refractivity contribution in [3.8, 4) is 11.3 Å². The predicted molar refractivity (Wildman–Crippen MR) is 242 cm³/mol. The molecule has 0 radical (unpaired) electrons. The predicted octanol–water partition coefficient (Wildman–Crippen LogP) is 5.07. The number of hydrazine groups is 1. The van der Waals surface area contributed by atoms with Crippen molar-refractivity contribution in [2.75, 3.05) is 83.5 Å². The van der Waals surface area contributed by atoms with E-state index in [1.165, 1.54) is 21.3 Å². The van der Waals surface area contributed by atoms with Crippen molar-refractivity contribution in [1.29, 1.82) is 0 Å². The molecule has 1 unspecified atom stereocenters. The largest absolute Gasteiger partial charge is 0.464 e. The average Bonchev–Trinajstić information content (AvgIpc) is 3.61. The first-order valence-electron chi connectivity index (χ1n) is 23.3. The summed E-state index contributed by atoms with van der Waals surface area (Å²) in [5.74, 6) is -0.455. The minimum Gasteiger partial charge on any atom is -0.464 e. The maximum absolute atomic E-state index is 15.0. The van der Waals surface area contributed by atoms with Crippen LogP contribution >= 0.6 is 11.8 Å².